The Morgan fingerprint density at radius 3 is 2.58 bits per heavy atom. The molecule has 1 aromatic carbocycles. The minimum absolute atomic E-state index is 0.0301. The SMILES string of the molecule is CC(C)C(NC(=O)c1ccc(Br)c(O)c1)/C(N)=N/O. The van der Waals surface area contributed by atoms with Crippen molar-refractivity contribution in [3.05, 3.63) is 28.2 Å². The summed E-state index contributed by atoms with van der Waals surface area (Å²) in [6, 6.07) is 3.88. The van der Waals surface area contributed by atoms with E-state index in [-0.39, 0.29) is 23.1 Å². The fourth-order valence-electron chi connectivity index (χ4n) is 1.52. The van der Waals surface area contributed by atoms with E-state index < -0.39 is 11.9 Å². The fourth-order valence-corrected chi connectivity index (χ4v) is 1.77. The standard InChI is InChI=1S/C12H16BrN3O3/c1-6(2)10(11(14)16-19)15-12(18)7-3-4-8(13)9(17)5-7/h3-6,10,17,19H,1-2H3,(H2,14,16)(H,15,18). The molecule has 0 radical (unpaired) electrons. The highest BCUT2D eigenvalue weighted by atomic mass is 79.9. The van der Waals surface area contributed by atoms with Gasteiger partial charge in [0.05, 0.1) is 10.5 Å². The maximum atomic E-state index is 12.0. The number of amidine groups is 1. The van der Waals surface area contributed by atoms with Crippen LogP contribution in [0.15, 0.2) is 27.8 Å². The molecule has 6 nitrogen and oxygen atoms in total. The first kappa shape index (κ1) is 15.3. The molecule has 0 aliphatic heterocycles. The Morgan fingerprint density at radius 1 is 1.47 bits per heavy atom. The molecule has 1 unspecified atom stereocenters. The van der Waals surface area contributed by atoms with Gasteiger partial charge in [-0.05, 0) is 40.0 Å². The molecule has 5 N–H and O–H groups in total. The van der Waals surface area contributed by atoms with Crippen LogP contribution in [0, 0.1) is 5.92 Å². The van der Waals surface area contributed by atoms with E-state index in [1.807, 2.05) is 13.8 Å². The predicted octanol–water partition coefficient (Wildman–Crippen LogP) is 1.66. The molecule has 0 spiro atoms. The number of aromatic hydroxyl groups is 1. The number of nitrogens with two attached hydrogens (primary N) is 1. The van der Waals surface area contributed by atoms with Gasteiger partial charge >= 0.3 is 0 Å². The average Bonchev–Trinajstić information content (AvgIpc) is 2.37. The van der Waals surface area contributed by atoms with Crippen molar-refractivity contribution in [2.75, 3.05) is 0 Å². The normalized spacial score (nSPS) is 13.4. The smallest absolute Gasteiger partial charge is 0.252 e. The van der Waals surface area contributed by atoms with E-state index in [2.05, 4.69) is 26.4 Å². The summed E-state index contributed by atoms with van der Waals surface area (Å²) >= 11 is 3.13. The third kappa shape index (κ3) is 3.85. The summed E-state index contributed by atoms with van der Waals surface area (Å²) in [5, 5.41) is 23.8. The molecule has 1 amide bonds. The van der Waals surface area contributed by atoms with Gasteiger partial charge in [0, 0.05) is 5.56 Å². The van der Waals surface area contributed by atoms with E-state index >= 15 is 0 Å². The number of hydrogen-bond acceptors (Lipinski definition) is 4. The summed E-state index contributed by atoms with van der Waals surface area (Å²) in [5.74, 6) is -0.542. The molecule has 1 atom stereocenters. The molecule has 0 aliphatic rings. The van der Waals surface area contributed by atoms with Gasteiger partial charge in [-0.15, -0.1) is 0 Å². The molecule has 0 aliphatic carbocycles. The predicted molar refractivity (Wildman–Crippen MR) is 75.3 cm³/mol. The quantitative estimate of drug-likeness (QED) is 0.291. The Bertz CT molecular complexity index is 503. The topological polar surface area (TPSA) is 108 Å². The van der Waals surface area contributed by atoms with Gasteiger partial charge in [0.25, 0.3) is 5.91 Å². The second kappa shape index (κ2) is 6.42. The van der Waals surface area contributed by atoms with E-state index in [4.69, 9.17) is 10.9 Å². The van der Waals surface area contributed by atoms with Gasteiger partial charge < -0.3 is 21.4 Å². The lowest BCUT2D eigenvalue weighted by Gasteiger charge is -2.20. The third-order valence-corrected chi connectivity index (χ3v) is 3.27. The van der Waals surface area contributed by atoms with Gasteiger partial charge in [-0.3, -0.25) is 4.79 Å². The Morgan fingerprint density at radius 2 is 2.11 bits per heavy atom. The minimum Gasteiger partial charge on any atom is -0.507 e. The molecule has 0 aromatic heterocycles. The number of amides is 1. The van der Waals surface area contributed by atoms with Crippen molar-refractivity contribution in [2.45, 2.75) is 19.9 Å². The number of nitrogens with zero attached hydrogens (tertiary/aromatic N) is 1. The first-order valence-corrected chi connectivity index (χ1v) is 6.43. The van der Waals surface area contributed by atoms with Crippen molar-refractivity contribution in [2.24, 2.45) is 16.8 Å². The first-order valence-electron chi connectivity index (χ1n) is 5.63. The molecule has 1 rings (SSSR count). The molecule has 1 aromatic rings. The summed E-state index contributed by atoms with van der Waals surface area (Å²) in [5.41, 5.74) is 5.82. The van der Waals surface area contributed by atoms with Crippen molar-refractivity contribution in [1.82, 2.24) is 5.32 Å². The lowest BCUT2D eigenvalue weighted by atomic mass is 10.0. The number of halogens is 1. The molecule has 0 saturated carbocycles. The number of benzene rings is 1. The van der Waals surface area contributed by atoms with Crippen LogP contribution in [0.3, 0.4) is 0 Å². The number of carbonyl (C=O) groups excluding carboxylic acids is 1. The van der Waals surface area contributed by atoms with Crippen molar-refractivity contribution in [3.8, 4) is 5.75 Å². The fraction of sp³-hybridized carbons (Fsp3) is 0.333. The largest absolute Gasteiger partial charge is 0.507 e. The van der Waals surface area contributed by atoms with Gasteiger partial charge in [-0.2, -0.15) is 0 Å². The lowest BCUT2D eigenvalue weighted by Crippen LogP contribution is -2.47. The second-order valence-corrected chi connectivity index (χ2v) is 5.24. The number of phenols is 1. The van der Waals surface area contributed by atoms with Crippen LogP contribution in [0.1, 0.15) is 24.2 Å². The average molecular weight is 330 g/mol. The van der Waals surface area contributed by atoms with Crippen LogP contribution in [0.4, 0.5) is 0 Å². The van der Waals surface area contributed by atoms with Gasteiger partial charge in [0.1, 0.15) is 5.75 Å². The zero-order valence-corrected chi connectivity index (χ0v) is 12.2. The van der Waals surface area contributed by atoms with Gasteiger partial charge in [0.2, 0.25) is 0 Å². The molecule has 104 valence electrons. The highest BCUT2D eigenvalue weighted by molar-refractivity contribution is 9.10. The van der Waals surface area contributed by atoms with Crippen molar-refractivity contribution in [3.63, 3.8) is 0 Å². The molecule has 0 saturated heterocycles. The van der Waals surface area contributed by atoms with E-state index in [1.54, 1.807) is 12.1 Å². The van der Waals surface area contributed by atoms with Gasteiger partial charge in [0.15, 0.2) is 5.84 Å². The van der Waals surface area contributed by atoms with E-state index in [1.165, 1.54) is 6.07 Å². The Labute approximate surface area is 119 Å². The molecule has 0 fully saturated rings. The lowest BCUT2D eigenvalue weighted by molar-refractivity contribution is 0.0938. The van der Waals surface area contributed by atoms with Crippen LogP contribution in [0.5, 0.6) is 5.75 Å². The molecule has 0 heterocycles. The summed E-state index contributed by atoms with van der Waals surface area (Å²) in [7, 11) is 0. The number of hydrogen-bond donors (Lipinski definition) is 4. The summed E-state index contributed by atoms with van der Waals surface area (Å²) in [4.78, 5) is 12.0. The van der Waals surface area contributed by atoms with Crippen LogP contribution in [-0.4, -0.2) is 28.1 Å². The monoisotopic (exact) mass is 329 g/mol. The third-order valence-electron chi connectivity index (χ3n) is 2.60. The molecular formula is C12H16BrN3O3. The van der Waals surface area contributed by atoms with E-state index in [0.717, 1.165) is 0 Å². The molecular weight excluding hydrogens is 314 g/mol. The summed E-state index contributed by atoms with van der Waals surface area (Å²) in [6.45, 7) is 3.67. The van der Waals surface area contributed by atoms with Crippen molar-refractivity contribution in [1.29, 1.82) is 0 Å². The molecule has 7 heteroatoms. The van der Waals surface area contributed by atoms with Crippen molar-refractivity contribution < 1.29 is 15.1 Å². The van der Waals surface area contributed by atoms with E-state index in [0.29, 0.717) is 4.47 Å². The summed E-state index contributed by atoms with van der Waals surface area (Å²) in [6.07, 6.45) is 0. The highest BCUT2D eigenvalue weighted by Gasteiger charge is 2.21. The maximum Gasteiger partial charge on any atom is 0.252 e. The number of oxime groups is 1. The van der Waals surface area contributed by atoms with Crippen LogP contribution in [0.2, 0.25) is 0 Å². The van der Waals surface area contributed by atoms with E-state index in [9.17, 15) is 9.90 Å². The van der Waals surface area contributed by atoms with Crippen molar-refractivity contribution >= 4 is 27.7 Å². The first-order chi connectivity index (χ1) is 8.86. The number of phenolic OH excluding ortho intramolecular Hbond substituents is 1. The number of carbonyl (C=O) groups is 1. The molecule has 0 bridgehead atoms. The zero-order valence-electron chi connectivity index (χ0n) is 10.6. The Balaban J connectivity index is 2.91. The van der Waals surface area contributed by atoms with Crippen LogP contribution in [-0.2, 0) is 0 Å². The zero-order chi connectivity index (χ0) is 14.6. The van der Waals surface area contributed by atoms with Crippen LogP contribution >= 0.6 is 15.9 Å². The van der Waals surface area contributed by atoms with Crippen LogP contribution in [0.25, 0.3) is 0 Å². The van der Waals surface area contributed by atoms with Crippen LogP contribution < -0.4 is 11.1 Å². The van der Waals surface area contributed by atoms with Gasteiger partial charge in [-0.1, -0.05) is 19.0 Å². The summed E-state index contributed by atoms with van der Waals surface area (Å²) < 4.78 is 0.501. The Hall–Kier alpha value is -1.76. The minimum atomic E-state index is -0.580. The highest BCUT2D eigenvalue weighted by Crippen LogP contribution is 2.24. The number of rotatable bonds is 4. The second-order valence-electron chi connectivity index (χ2n) is 4.39. The number of nitrogens with one attached hydrogen (secondary N) is 1. The molecule has 19 heavy (non-hydrogen) atoms. The van der Waals surface area contributed by atoms with Gasteiger partial charge in [-0.25, -0.2) is 0 Å². The Kier molecular flexibility index (Phi) is 5.17. The maximum absolute atomic E-state index is 12.0.